The number of nitrogens with zero attached hydrogens (tertiary/aromatic N) is 1. The molecule has 0 spiro atoms. The van der Waals surface area contributed by atoms with Crippen molar-refractivity contribution in [3.63, 3.8) is 0 Å². The SMILES string of the molecule is Cc1nc(NC(=O)C2CCSC2)ccc1Br. The second-order valence-corrected chi connectivity index (χ2v) is 5.82. The lowest BCUT2D eigenvalue weighted by molar-refractivity contribution is -0.119. The molecule has 1 aromatic rings. The van der Waals surface area contributed by atoms with Crippen molar-refractivity contribution in [2.45, 2.75) is 13.3 Å². The van der Waals surface area contributed by atoms with E-state index in [1.54, 1.807) is 0 Å². The van der Waals surface area contributed by atoms with Crippen LogP contribution in [-0.4, -0.2) is 22.4 Å². The van der Waals surface area contributed by atoms with Crippen LogP contribution in [0.15, 0.2) is 16.6 Å². The van der Waals surface area contributed by atoms with Gasteiger partial charge in [0.2, 0.25) is 5.91 Å². The van der Waals surface area contributed by atoms with E-state index in [0.29, 0.717) is 5.82 Å². The molecule has 2 heterocycles. The summed E-state index contributed by atoms with van der Waals surface area (Å²) in [7, 11) is 0. The van der Waals surface area contributed by atoms with Crippen molar-refractivity contribution in [2.24, 2.45) is 5.92 Å². The Balaban J connectivity index is 2.02. The van der Waals surface area contributed by atoms with Crippen LogP contribution in [0.1, 0.15) is 12.1 Å². The fourth-order valence-corrected chi connectivity index (χ4v) is 3.02. The Morgan fingerprint density at radius 2 is 2.44 bits per heavy atom. The Labute approximate surface area is 108 Å². The number of nitrogens with one attached hydrogen (secondary N) is 1. The predicted octanol–water partition coefficient (Wildman–Crippen LogP) is 2.84. The van der Waals surface area contributed by atoms with Crippen LogP contribution in [0, 0.1) is 12.8 Å². The zero-order chi connectivity index (χ0) is 11.5. The van der Waals surface area contributed by atoms with Crippen LogP contribution in [0.2, 0.25) is 0 Å². The highest BCUT2D eigenvalue weighted by atomic mass is 79.9. The number of amides is 1. The minimum atomic E-state index is 0.0965. The number of hydrogen-bond acceptors (Lipinski definition) is 3. The first-order chi connectivity index (χ1) is 7.66. The Morgan fingerprint density at radius 1 is 1.62 bits per heavy atom. The van der Waals surface area contributed by atoms with E-state index < -0.39 is 0 Å². The van der Waals surface area contributed by atoms with Crippen molar-refractivity contribution < 1.29 is 4.79 Å². The van der Waals surface area contributed by atoms with Gasteiger partial charge in [0.15, 0.2) is 0 Å². The van der Waals surface area contributed by atoms with Gasteiger partial charge < -0.3 is 5.32 Å². The minimum Gasteiger partial charge on any atom is -0.310 e. The van der Waals surface area contributed by atoms with Crippen molar-refractivity contribution in [1.82, 2.24) is 4.98 Å². The van der Waals surface area contributed by atoms with Crippen LogP contribution in [0.5, 0.6) is 0 Å². The number of pyridine rings is 1. The van der Waals surface area contributed by atoms with Crippen LogP contribution in [0.3, 0.4) is 0 Å². The molecule has 1 N–H and O–H groups in total. The molecule has 0 bridgehead atoms. The van der Waals surface area contributed by atoms with E-state index in [9.17, 15) is 4.79 Å². The summed E-state index contributed by atoms with van der Waals surface area (Å²) >= 11 is 5.22. The number of halogens is 1. The number of carbonyl (C=O) groups excluding carboxylic acids is 1. The maximum Gasteiger partial charge on any atom is 0.229 e. The summed E-state index contributed by atoms with van der Waals surface area (Å²) in [5.41, 5.74) is 0.888. The van der Waals surface area contributed by atoms with Gasteiger partial charge in [-0.15, -0.1) is 0 Å². The highest BCUT2D eigenvalue weighted by Gasteiger charge is 2.23. The fraction of sp³-hybridized carbons (Fsp3) is 0.455. The summed E-state index contributed by atoms with van der Waals surface area (Å²) in [6.07, 6.45) is 0.978. The molecule has 1 atom stereocenters. The quantitative estimate of drug-likeness (QED) is 0.913. The Morgan fingerprint density at radius 3 is 3.06 bits per heavy atom. The van der Waals surface area contributed by atoms with Gasteiger partial charge in [0.1, 0.15) is 5.82 Å². The van der Waals surface area contributed by atoms with E-state index in [1.165, 1.54) is 0 Å². The first kappa shape index (κ1) is 11.9. The van der Waals surface area contributed by atoms with E-state index in [0.717, 1.165) is 28.1 Å². The van der Waals surface area contributed by atoms with Crippen LogP contribution in [0.4, 0.5) is 5.82 Å². The Bertz CT molecular complexity index is 405. The molecule has 0 aromatic carbocycles. The first-order valence-electron chi connectivity index (χ1n) is 5.18. The Kier molecular flexibility index (Phi) is 3.86. The normalized spacial score (nSPS) is 19.8. The van der Waals surface area contributed by atoms with Crippen molar-refractivity contribution >= 4 is 39.4 Å². The van der Waals surface area contributed by atoms with Crippen molar-refractivity contribution in [3.8, 4) is 0 Å². The van der Waals surface area contributed by atoms with Crippen LogP contribution in [-0.2, 0) is 4.79 Å². The lowest BCUT2D eigenvalue weighted by Crippen LogP contribution is -2.22. The summed E-state index contributed by atoms with van der Waals surface area (Å²) in [5, 5.41) is 2.87. The average Bonchev–Trinajstić information content (AvgIpc) is 2.77. The molecule has 1 aliphatic heterocycles. The van der Waals surface area contributed by atoms with Crippen molar-refractivity contribution in [3.05, 3.63) is 22.3 Å². The van der Waals surface area contributed by atoms with E-state index in [-0.39, 0.29) is 11.8 Å². The number of thioether (sulfide) groups is 1. The van der Waals surface area contributed by atoms with Crippen LogP contribution >= 0.6 is 27.7 Å². The van der Waals surface area contributed by atoms with Gasteiger partial charge in [-0.25, -0.2) is 4.98 Å². The summed E-state index contributed by atoms with van der Waals surface area (Å²) in [5.74, 6) is 2.91. The lowest BCUT2D eigenvalue weighted by atomic mass is 10.1. The number of aromatic nitrogens is 1. The van der Waals surface area contributed by atoms with Gasteiger partial charge in [0.05, 0.1) is 5.69 Å². The topological polar surface area (TPSA) is 42.0 Å². The maximum absolute atomic E-state index is 11.8. The van der Waals surface area contributed by atoms with E-state index in [2.05, 4.69) is 26.2 Å². The third-order valence-electron chi connectivity index (χ3n) is 2.57. The number of hydrogen-bond donors (Lipinski definition) is 1. The fourth-order valence-electron chi connectivity index (χ4n) is 1.58. The molecule has 1 unspecified atom stereocenters. The highest BCUT2D eigenvalue weighted by molar-refractivity contribution is 9.10. The molecule has 0 radical (unpaired) electrons. The third kappa shape index (κ3) is 2.77. The summed E-state index contributed by atoms with van der Waals surface area (Å²) in [4.78, 5) is 16.1. The first-order valence-corrected chi connectivity index (χ1v) is 7.13. The van der Waals surface area contributed by atoms with Crippen LogP contribution < -0.4 is 5.32 Å². The zero-order valence-electron chi connectivity index (χ0n) is 9.00. The molecule has 0 saturated carbocycles. The third-order valence-corrected chi connectivity index (χ3v) is 4.57. The Hall–Kier alpha value is -0.550. The van der Waals surface area contributed by atoms with Gasteiger partial charge in [-0.1, -0.05) is 0 Å². The van der Waals surface area contributed by atoms with Gasteiger partial charge in [-0.05, 0) is 47.2 Å². The summed E-state index contributed by atoms with van der Waals surface area (Å²) < 4.78 is 0.960. The average molecular weight is 301 g/mol. The molecule has 3 nitrogen and oxygen atoms in total. The van der Waals surface area contributed by atoms with Gasteiger partial charge in [0, 0.05) is 16.1 Å². The molecule has 86 valence electrons. The number of anilines is 1. The smallest absolute Gasteiger partial charge is 0.229 e. The minimum absolute atomic E-state index is 0.0965. The van der Waals surface area contributed by atoms with Crippen molar-refractivity contribution in [1.29, 1.82) is 0 Å². The number of aryl methyl sites for hydroxylation is 1. The molecule has 1 aromatic heterocycles. The molecule has 1 amide bonds. The van der Waals surface area contributed by atoms with Gasteiger partial charge in [-0.3, -0.25) is 4.79 Å². The maximum atomic E-state index is 11.8. The summed E-state index contributed by atoms with van der Waals surface area (Å²) in [6.45, 7) is 1.91. The molecular weight excluding hydrogens is 288 g/mol. The zero-order valence-corrected chi connectivity index (χ0v) is 11.4. The molecular formula is C11H13BrN2OS. The van der Waals surface area contributed by atoms with Crippen LogP contribution in [0.25, 0.3) is 0 Å². The molecule has 2 rings (SSSR count). The standard InChI is InChI=1S/C11H13BrN2OS/c1-7-9(12)2-3-10(13-7)14-11(15)8-4-5-16-6-8/h2-3,8H,4-6H2,1H3,(H,13,14,15). The van der Waals surface area contributed by atoms with Crippen molar-refractivity contribution in [2.75, 3.05) is 16.8 Å². The lowest BCUT2D eigenvalue weighted by Gasteiger charge is -2.09. The highest BCUT2D eigenvalue weighted by Crippen LogP contribution is 2.24. The molecule has 5 heteroatoms. The number of rotatable bonds is 2. The van der Waals surface area contributed by atoms with E-state index >= 15 is 0 Å². The van der Waals surface area contributed by atoms with Gasteiger partial charge in [0.25, 0.3) is 0 Å². The largest absolute Gasteiger partial charge is 0.310 e. The predicted molar refractivity (Wildman–Crippen MR) is 70.7 cm³/mol. The molecule has 1 saturated heterocycles. The van der Waals surface area contributed by atoms with E-state index in [4.69, 9.17) is 0 Å². The van der Waals surface area contributed by atoms with Gasteiger partial charge in [-0.2, -0.15) is 11.8 Å². The van der Waals surface area contributed by atoms with E-state index in [1.807, 2.05) is 30.8 Å². The van der Waals surface area contributed by atoms with Gasteiger partial charge >= 0.3 is 0 Å². The number of carbonyl (C=O) groups is 1. The monoisotopic (exact) mass is 300 g/mol. The second-order valence-electron chi connectivity index (χ2n) is 3.81. The summed E-state index contributed by atoms with van der Waals surface area (Å²) in [6, 6.07) is 3.72. The molecule has 16 heavy (non-hydrogen) atoms. The molecule has 1 fully saturated rings. The molecule has 0 aliphatic carbocycles. The second kappa shape index (κ2) is 5.19. The molecule has 1 aliphatic rings.